The lowest BCUT2D eigenvalue weighted by Crippen LogP contribution is -2.32. The Hall–Kier alpha value is -1.44. The molecule has 102 valence electrons. The van der Waals surface area contributed by atoms with Gasteiger partial charge in [0.2, 0.25) is 0 Å². The highest BCUT2D eigenvalue weighted by Gasteiger charge is 2.43. The topological polar surface area (TPSA) is 68.0 Å². The highest BCUT2D eigenvalue weighted by Crippen LogP contribution is 2.50. The first-order valence-electron chi connectivity index (χ1n) is 6.60. The molecule has 2 aromatic rings. The smallest absolute Gasteiger partial charge is 0.356 e. The van der Waals surface area contributed by atoms with E-state index in [1.54, 1.807) is 10.9 Å². The van der Waals surface area contributed by atoms with Crippen LogP contribution >= 0.6 is 22.6 Å². The Bertz CT molecular complexity index is 719. The minimum atomic E-state index is -0.938. The molecule has 3 aliphatic carbocycles. The van der Waals surface area contributed by atoms with E-state index in [2.05, 4.69) is 32.7 Å². The van der Waals surface area contributed by atoms with Crippen LogP contribution in [-0.4, -0.2) is 25.8 Å². The molecule has 1 N–H and O–H groups in total. The van der Waals surface area contributed by atoms with Gasteiger partial charge in [0.25, 0.3) is 0 Å². The lowest BCUT2D eigenvalue weighted by atomic mass is 9.64. The largest absolute Gasteiger partial charge is 0.476 e. The molecule has 1 saturated carbocycles. The third-order valence-corrected chi connectivity index (χ3v) is 4.94. The molecular formula is C14H12IN3O2. The van der Waals surface area contributed by atoms with Crippen LogP contribution in [0.4, 0.5) is 0 Å². The summed E-state index contributed by atoms with van der Waals surface area (Å²) in [6.07, 6.45) is 4.89. The first-order valence-corrected chi connectivity index (χ1v) is 7.68. The second kappa shape index (κ2) is 4.28. The lowest BCUT2D eigenvalue weighted by molar-refractivity contribution is 0.0687. The summed E-state index contributed by atoms with van der Waals surface area (Å²) in [5.74, 6) is 0.870. The van der Waals surface area contributed by atoms with Gasteiger partial charge in [-0.15, -0.1) is 0 Å². The number of halogens is 1. The molecule has 0 aromatic carbocycles. The monoisotopic (exact) mass is 381 g/mol. The number of carboxylic acids is 1. The van der Waals surface area contributed by atoms with Gasteiger partial charge >= 0.3 is 5.97 Å². The van der Waals surface area contributed by atoms with Crippen LogP contribution in [0.3, 0.4) is 0 Å². The van der Waals surface area contributed by atoms with Crippen LogP contribution in [0, 0.1) is 9.49 Å². The number of carboxylic acid groups (broad SMARTS) is 1. The van der Waals surface area contributed by atoms with E-state index >= 15 is 0 Å². The summed E-state index contributed by atoms with van der Waals surface area (Å²) in [5.41, 5.74) is 2.19. The molecule has 6 heteroatoms. The number of aromatic nitrogens is 3. The fourth-order valence-electron chi connectivity index (χ4n) is 3.35. The Labute approximate surface area is 129 Å². The summed E-state index contributed by atoms with van der Waals surface area (Å²) < 4.78 is 2.82. The second-order valence-electron chi connectivity index (χ2n) is 5.50. The van der Waals surface area contributed by atoms with E-state index in [1.807, 2.05) is 12.1 Å². The van der Waals surface area contributed by atoms with Crippen LogP contribution in [0.2, 0.25) is 0 Å². The molecule has 5 nitrogen and oxygen atoms in total. The molecule has 5 rings (SSSR count). The maximum atomic E-state index is 11.4. The zero-order valence-electron chi connectivity index (χ0n) is 10.6. The highest BCUT2D eigenvalue weighted by molar-refractivity contribution is 14.1. The minimum absolute atomic E-state index is 0.204. The Kier molecular flexibility index (Phi) is 2.63. The van der Waals surface area contributed by atoms with Crippen LogP contribution in [-0.2, 0) is 6.42 Å². The van der Waals surface area contributed by atoms with Gasteiger partial charge < -0.3 is 5.11 Å². The van der Waals surface area contributed by atoms with Gasteiger partial charge in [-0.3, -0.25) is 0 Å². The second-order valence-corrected chi connectivity index (χ2v) is 6.75. The average molecular weight is 381 g/mol. The van der Waals surface area contributed by atoms with E-state index in [0.29, 0.717) is 17.7 Å². The van der Waals surface area contributed by atoms with Gasteiger partial charge in [0.1, 0.15) is 0 Å². The van der Waals surface area contributed by atoms with Crippen LogP contribution in [0.1, 0.15) is 40.5 Å². The first-order chi connectivity index (χ1) is 9.63. The van der Waals surface area contributed by atoms with E-state index in [4.69, 9.17) is 0 Å². The molecule has 2 bridgehead atoms. The molecule has 0 amide bonds. The van der Waals surface area contributed by atoms with Crippen molar-refractivity contribution >= 4 is 28.6 Å². The van der Waals surface area contributed by atoms with Crippen molar-refractivity contribution in [2.24, 2.45) is 5.92 Å². The number of hydrogen-bond donors (Lipinski definition) is 1. The van der Waals surface area contributed by atoms with Crippen LogP contribution in [0.5, 0.6) is 0 Å². The van der Waals surface area contributed by atoms with Crippen LogP contribution in [0.15, 0.2) is 18.3 Å². The summed E-state index contributed by atoms with van der Waals surface area (Å²) in [6, 6.07) is 3.85. The van der Waals surface area contributed by atoms with E-state index in [9.17, 15) is 9.90 Å². The number of aromatic carboxylic acids is 1. The quantitative estimate of drug-likeness (QED) is 0.813. The third-order valence-electron chi connectivity index (χ3n) is 4.27. The fraction of sp³-hybridized carbons (Fsp3) is 0.357. The molecule has 20 heavy (non-hydrogen) atoms. The highest BCUT2D eigenvalue weighted by atomic mass is 127. The standard InChI is InChI=1S/C14H12IN3O2/c15-9-1-2-16-11(6-9)18-13-8-3-7(4-8)5-10(13)12(17-18)14(19)20/h1-2,6-8H,3-5H2,(H,19,20). The van der Waals surface area contributed by atoms with Crippen molar-refractivity contribution in [2.75, 3.05) is 0 Å². The van der Waals surface area contributed by atoms with Crippen molar-refractivity contribution in [1.82, 2.24) is 14.8 Å². The van der Waals surface area contributed by atoms with E-state index in [0.717, 1.165) is 34.1 Å². The molecule has 2 heterocycles. The molecule has 0 radical (unpaired) electrons. The summed E-state index contributed by atoms with van der Waals surface area (Å²) in [6.45, 7) is 0. The number of pyridine rings is 1. The zero-order chi connectivity index (χ0) is 13.9. The molecule has 2 aromatic heterocycles. The summed E-state index contributed by atoms with van der Waals surface area (Å²) in [5, 5.41) is 13.7. The van der Waals surface area contributed by atoms with Gasteiger partial charge in [0, 0.05) is 21.2 Å². The predicted octanol–water partition coefficient (Wildman–Crippen LogP) is 2.62. The summed E-state index contributed by atoms with van der Waals surface area (Å²) in [7, 11) is 0. The molecule has 0 unspecified atom stereocenters. The molecule has 0 atom stereocenters. The summed E-state index contributed by atoms with van der Waals surface area (Å²) in [4.78, 5) is 15.8. The zero-order valence-corrected chi connectivity index (χ0v) is 12.7. The van der Waals surface area contributed by atoms with Crippen molar-refractivity contribution in [3.8, 4) is 5.82 Å². The Morgan fingerprint density at radius 2 is 2.25 bits per heavy atom. The number of nitrogens with zero attached hydrogens (tertiary/aromatic N) is 3. The molecule has 3 aliphatic rings. The van der Waals surface area contributed by atoms with Gasteiger partial charge in [-0.05, 0) is 59.9 Å². The van der Waals surface area contributed by atoms with Crippen LogP contribution in [0.25, 0.3) is 5.82 Å². The average Bonchev–Trinajstić information content (AvgIpc) is 2.77. The van der Waals surface area contributed by atoms with Gasteiger partial charge in [-0.25, -0.2) is 14.5 Å². The molecule has 1 fully saturated rings. The Balaban J connectivity index is 1.94. The van der Waals surface area contributed by atoms with Crippen molar-refractivity contribution in [3.05, 3.63) is 38.9 Å². The molecule has 0 saturated heterocycles. The Morgan fingerprint density at radius 1 is 1.45 bits per heavy atom. The predicted molar refractivity (Wildman–Crippen MR) is 80.2 cm³/mol. The van der Waals surface area contributed by atoms with Crippen molar-refractivity contribution in [1.29, 1.82) is 0 Å². The van der Waals surface area contributed by atoms with Gasteiger partial charge in [-0.2, -0.15) is 5.10 Å². The first kappa shape index (κ1) is 12.3. The van der Waals surface area contributed by atoms with Crippen LogP contribution < -0.4 is 0 Å². The van der Waals surface area contributed by atoms with E-state index in [-0.39, 0.29) is 5.69 Å². The minimum Gasteiger partial charge on any atom is -0.476 e. The van der Waals surface area contributed by atoms with Crippen molar-refractivity contribution in [2.45, 2.75) is 25.2 Å². The van der Waals surface area contributed by atoms with Gasteiger partial charge in [0.05, 0.1) is 5.69 Å². The fourth-order valence-corrected chi connectivity index (χ4v) is 3.79. The number of rotatable bonds is 2. The van der Waals surface area contributed by atoms with Gasteiger partial charge in [0.15, 0.2) is 11.5 Å². The lowest BCUT2D eigenvalue weighted by Gasteiger charge is -2.41. The van der Waals surface area contributed by atoms with Crippen molar-refractivity contribution in [3.63, 3.8) is 0 Å². The molecule has 0 aliphatic heterocycles. The van der Waals surface area contributed by atoms with E-state index in [1.165, 1.54) is 0 Å². The number of hydrogen-bond acceptors (Lipinski definition) is 3. The maximum absolute atomic E-state index is 11.4. The normalized spacial score (nSPS) is 23.1. The third kappa shape index (κ3) is 1.70. The number of carbonyl (C=O) groups is 1. The molecule has 0 spiro atoms. The van der Waals surface area contributed by atoms with Gasteiger partial charge in [-0.1, -0.05) is 0 Å². The van der Waals surface area contributed by atoms with Crippen molar-refractivity contribution < 1.29 is 9.90 Å². The van der Waals surface area contributed by atoms with E-state index < -0.39 is 5.97 Å². The Morgan fingerprint density at radius 3 is 2.95 bits per heavy atom. The molecular weight excluding hydrogens is 369 g/mol. The maximum Gasteiger partial charge on any atom is 0.356 e. The SMILES string of the molecule is O=C(O)c1nn(-c2cc(I)ccn2)c2c1CC1CC2C1. The summed E-state index contributed by atoms with van der Waals surface area (Å²) >= 11 is 2.23.